The molecule has 0 radical (unpaired) electrons. The Morgan fingerprint density at radius 3 is 2.32 bits per heavy atom. The Morgan fingerprint density at radius 1 is 1.21 bits per heavy atom. The minimum Gasteiger partial charge on any atom is -0.465 e. The minimum atomic E-state index is -0.393. The number of amides is 1. The Kier molecular flexibility index (Phi) is 6.36. The van der Waals surface area contributed by atoms with Crippen molar-refractivity contribution in [2.75, 3.05) is 19.7 Å². The number of halogens is 1. The zero-order chi connectivity index (χ0) is 14.3. The minimum absolute atomic E-state index is 0.0274. The summed E-state index contributed by atoms with van der Waals surface area (Å²) in [5.41, 5.74) is 1.49. The van der Waals surface area contributed by atoms with Gasteiger partial charge in [0, 0.05) is 18.0 Å². The van der Waals surface area contributed by atoms with Crippen molar-refractivity contribution in [2.24, 2.45) is 0 Å². The van der Waals surface area contributed by atoms with E-state index >= 15 is 0 Å². The number of hydrogen-bond acceptors (Lipinski definition) is 3. The average molecular weight is 284 g/mol. The largest absolute Gasteiger partial charge is 0.465 e. The fourth-order valence-corrected chi connectivity index (χ4v) is 1.79. The summed E-state index contributed by atoms with van der Waals surface area (Å²) in [6.45, 7) is 4.30. The van der Waals surface area contributed by atoms with Crippen molar-refractivity contribution < 1.29 is 14.3 Å². The molecule has 1 aromatic carbocycles. The number of alkyl halides is 1. The third-order valence-corrected chi connectivity index (χ3v) is 2.96. The molecule has 0 spiro atoms. The maximum absolute atomic E-state index is 12.2. The normalized spacial score (nSPS) is 10.1. The molecule has 0 bridgehead atoms. The van der Waals surface area contributed by atoms with Crippen LogP contribution in [0.1, 0.15) is 29.8 Å². The van der Waals surface area contributed by atoms with Crippen LogP contribution in [0.5, 0.6) is 0 Å². The summed E-state index contributed by atoms with van der Waals surface area (Å²) in [6, 6.07) is 7.04. The number of benzene rings is 1. The van der Waals surface area contributed by atoms with Crippen LogP contribution in [0.15, 0.2) is 24.3 Å². The molecular formula is C14H18ClNO3. The standard InChI is InChI=1S/C14H18ClNO3/c1-3-16(10-13(17)19-4-2)14(18)12-7-5-11(9-15)6-8-12/h5-8H,3-4,9-10H2,1-2H3. The van der Waals surface area contributed by atoms with E-state index in [9.17, 15) is 9.59 Å². The molecule has 104 valence electrons. The number of nitrogens with zero attached hydrogens (tertiary/aromatic N) is 1. The van der Waals surface area contributed by atoms with Crippen molar-refractivity contribution in [3.05, 3.63) is 35.4 Å². The van der Waals surface area contributed by atoms with Crippen LogP contribution in [0.2, 0.25) is 0 Å². The lowest BCUT2D eigenvalue weighted by Crippen LogP contribution is -2.36. The van der Waals surface area contributed by atoms with E-state index in [2.05, 4.69) is 0 Å². The van der Waals surface area contributed by atoms with Crippen LogP contribution >= 0.6 is 11.6 Å². The molecule has 1 amide bonds. The molecule has 1 rings (SSSR count). The highest BCUT2D eigenvalue weighted by atomic mass is 35.5. The van der Waals surface area contributed by atoms with Crippen molar-refractivity contribution in [3.8, 4) is 0 Å². The van der Waals surface area contributed by atoms with Gasteiger partial charge in [0.25, 0.3) is 5.91 Å². The summed E-state index contributed by atoms with van der Waals surface area (Å²) in [4.78, 5) is 25.1. The number of carbonyl (C=O) groups excluding carboxylic acids is 2. The average Bonchev–Trinajstić information content (AvgIpc) is 2.44. The summed E-state index contributed by atoms with van der Waals surface area (Å²) < 4.78 is 4.85. The third kappa shape index (κ3) is 4.56. The van der Waals surface area contributed by atoms with Gasteiger partial charge in [0.2, 0.25) is 0 Å². The molecule has 0 aliphatic rings. The molecule has 0 saturated carbocycles. The molecule has 0 atom stereocenters. The van der Waals surface area contributed by atoms with E-state index in [1.54, 1.807) is 31.2 Å². The van der Waals surface area contributed by atoms with E-state index in [-0.39, 0.29) is 12.5 Å². The Bertz CT molecular complexity index is 431. The second-order valence-electron chi connectivity index (χ2n) is 3.95. The maximum atomic E-state index is 12.2. The predicted molar refractivity (Wildman–Crippen MR) is 74.2 cm³/mol. The molecule has 0 heterocycles. The first kappa shape index (κ1) is 15.5. The fraction of sp³-hybridized carbons (Fsp3) is 0.429. The molecule has 0 aromatic heterocycles. The molecule has 0 saturated heterocycles. The van der Waals surface area contributed by atoms with E-state index in [0.717, 1.165) is 5.56 Å². The van der Waals surface area contributed by atoms with E-state index in [1.807, 2.05) is 6.92 Å². The zero-order valence-electron chi connectivity index (χ0n) is 11.2. The van der Waals surface area contributed by atoms with Crippen LogP contribution in [-0.2, 0) is 15.4 Å². The van der Waals surface area contributed by atoms with Crippen LogP contribution in [0.25, 0.3) is 0 Å². The fourth-order valence-electron chi connectivity index (χ4n) is 1.61. The first-order chi connectivity index (χ1) is 9.12. The molecule has 5 heteroatoms. The summed E-state index contributed by atoms with van der Waals surface area (Å²) in [7, 11) is 0. The summed E-state index contributed by atoms with van der Waals surface area (Å²) >= 11 is 5.70. The van der Waals surface area contributed by atoms with Crippen molar-refractivity contribution in [1.82, 2.24) is 4.90 Å². The van der Waals surface area contributed by atoms with Gasteiger partial charge in [-0.2, -0.15) is 0 Å². The Labute approximate surface area is 118 Å². The summed E-state index contributed by atoms with van der Waals surface area (Å²) in [6.07, 6.45) is 0. The van der Waals surface area contributed by atoms with Crippen molar-refractivity contribution >= 4 is 23.5 Å². The summed E-state index contributed by atoms with van der Waals surface area (Å²) in [5, 5.41) is 0. The first-order valence-electron chi connectivity index (χ1n) is 6.22. The zero-order valence-corrected chi connectivity index (χ0v) is 11.9. The lowest BCUT2D eigenvalue weighted by molar-refractivity contribution is -0.143. The van der Waals surface area contributed by atoms with Crippen LogP contribution in [0, 0.1) is 0 Å². The smallest absolute Gasteiger partial charge is 0.325 e. The highest BCUT2D eigenvalue weighted by Gasteiger charge is 2.17. The van der Waals surface area contributed by atoms with E-state index in [4.69, 9.17) is 16.3 Å². The van der Waals surface area contributed by atoms with Gasteiger partial charge >= 0.3 is 5.97 Å². The van der Waals surface area contributed by atoms with Gasteiger partial charge in [0.15, 0.2) is 0 Å². The molecule has 0 N–H and O–H groups in total. The number of likely N-dealkylation sites (N-methyl/N-ethyl adjacent to an activating group) is 1. The molecular weight excluding hydrogens is 266 g/mol. The maximum Gasteiger partial charge on any atom is 0.325 e. The Balaban J connectivity index is 2.74. The van der Waals surface area contributed by atoms with E-state index in [1.165, 1.54) is 4.90 Å². The number of rotatable bonds is 6. The van der Waals surface area contributed by atoms with Gasteiger partial charge in [0.05, 0.1) is 6.61 Å². The van der Waals surface area contributed by atoms with Gasteiger partial charge in [-0.1, -0.05) is 12.1 Å². The highest BCUT2D eigenvalue weighted by Crippen LogP contribution is 2.09. The Hall–Kier alpha value is -1.55. The third-order valence-electron chi connectivity index (χ3n) is 2.65. The van der Waals surface area contributed by atoms with Crippen LogP contribution in [-0.4, -0.2) is 36.5 Å². The lowest BCUT2D eigenvalue weighted by Gasteiger charge is -2.19. The summed E-state index contributed by atoms with van der Waals surface area (Å²) in [5.74, 6) is -0.166. The number of carbonyl (C=O) groups is 2. The second-order valence-corrected chi connectivity index (χ2v) is 4.22. The molecule has 0 aliphatic heterocycles. The van der Waals surface area contributed by atoms with Gasteiger partial charge in [-0.15, -0.1) is 11.6 Å². The van der Waals surface area contributed by atoms with Crippen LogP contribution in [0.4, 0.5) is 0 Å². The van der Waals surface area contributed by atoms with Gasteiger partial charge in [-0.3, -0.25) is 9.59 Å². The number of ether oxygens (including phenoxy) is 1. The topological polar surface area (TPSA) is 46.6 Å². The van der Waals surface area contributed by atoms with Crippen molar-refractivity contribution in [1.29, 1.82) is 0 Å². The van der Waals surface area contributed by atoms with E-state index < -0.39 is 5.97 Å². The lowest BCUT2D eigenvalue weighted by atomic mass is 10.1. The number of hydrogen-bond donors (Lipinski definition) is 0. The predicted octanol–water partition coefficient (Wildman–Crippen LogP) is 2.45. The van der Waals surface area contributed by atoms with Gasteiger partial charge in [0.1, 0.15) is 6.54 Å². The monoisotopic (exact) mass is 283 g/mol. The molecule has 19 heavy (non-hydrogen) atoms. The van der Waals surface area contributed by atoms with Crippen molar-refractivity contribution in [2.45, 2.75) is 19.7 Å². The molecule has 1 aromatic rings. The van der Waals surface area contributed by atoms with Crippen LogP contribution in [0.3, 0.4) is 0 Å². The first-order valence-corrected chi connectivity index (χ1v) is 6.75. The Morgan fingerprint density at radius 2 is 1.84 bits per heavy atom. The highest BCUT2D eigenvalue weighted by molar-refractivity contribution is 6.17. The molecule has 0 fully saturated rings. The van der Waals surface area contributed by atoms with E-state index in [0.29, 0.717) is 24.6 Å². The number of esters is 1. The molecule has 0 unspecified atom stereocenters. The molecule has 4 nitrogen and oxygen atoms in total. The van der Waals surface area contributed by atoms with Gasteiger partial charge in [-0.25, -0.2) is 0 Å². The molecule has 0 aliphatic carbocycles. The van der Waals surface area contributed by atoms with Crippen LogP contribution < -0.4 is 0 Å². The van der Waals surface area contributed by atoms with Gasteiger partial charge in [-0.05, 0) is 31.5 Å². The quantitative estimate of drug-likeness (QED) is 0.595. The van der Waals surface area contributed by atoms with Gasteiger partial charge < -0.3 is 9.64 Å². The SMILES string of the molecule is CCOC(=O)CN(CC)C(=O)c1ccc(CCl)cc1. The van der Waals surface area contributed by atoms with Crippen molar-refractivity contribution in [3.63, 3.8) is 0 Å². The second kappa shape index (κ2) is 7.79.